The molecule has 0 saturated heterocycles. The van der Waals surface area contributed by atoms with Crippen LogP contribution in [0.1, 0.15) is 5.69 Å². The lowest BCUT2D eigenvalue weighted by atomic mass is 10.2. The van der Waals surface area contributed by atoms with E-state index in [4.69, 9.17) is 0 Å². The number of nitrogens with one attached hydrogen (secondary N) is 2. The zero-order chi connectivity index (χ0) is 12.3. The first-order valence-corrected chi connectivity index (χ1v) is 4.97. The number of hydrogen-bond donors (Lipinski definition) is 2. The Balaban J connectivity index is 2.19. The molecule has 88 valence electrons. The van der Waals surface area contributed by atoms with Crippen LogP contribution in [0.25, 0.3) is 0 Å². The van der Waals surface area contributed by atoms with Gasteiger partial charge in [-0.15, -0.1) is 0 Å². The van der Waals surface area contributed by atoms with Crippen LogP contribution in [0.15, 0.2) is 36.5 Å². The summed E-state index contributed by atoms with van der Waals surface area (Å²) in [6.07, 6.45) is 1.75. The third kappa shape index (κ3) is 2.60. The summed E-state index contributed by atoms with van der Waals surface area (Å²) in [5.74, 6) is -0.510. The van der Waals surface area contributed by atoms with Gasteiger partial charge in [-0.2, -0.15) is 0 Å². The van der Waals surface area contributed by atoms with Gasteiger partial charge in [0.25, 0.3) is 5.69 Å². The van der Waals surface area contributed by atoms with Gasteiger partial charge in [0.15, 0.2) is 0 Å². The number of aromatic amines is 1. The lowest BCUT2D eigenvalue weighted by Gasteiger charge is -2.05. The Morgan fingerprint density at radius 1 is 1.41 bits per heavy atom. The van der Waals surface area contributed by atoms with Gasteiger partial charge in [-0.1, -0.05) is 0 Å². The first-order chi connectivity index (χ1) is 8.16. The van der Waals surface area contributed by atoms with Crippen LogP contribution in [0.4, 0.5) is 15.8 Å². The van der Waals surface area contributed by atoms with Crippen LogP contribution < -0.4 is 5.32 Å². The molecule has 17 heavy (non-hydrogen) atoms. The Morgan fingerprint density at radius 2 is 2.24 bits per heavy atom. The van der Waals surface area contributed by atoms with E-state index in [1.807, 2.05) is 12.1 Å². The van der Waals surface area contributed by atoms with E-state index < -0.39 is 10.7 Å². The van der Waals surface area contributed by atoms with Crippen LogP contribution in [0.5, 0.6) is 0 Å². The van der Waals surface area contributed by atoms with Gasteiger partial charge in [0.1, 0.15) is 11.5 Å². The number of halogens is 1. The zero-order valence-electron chi connectivity index (χ0n) is 8.81. The second kappa shape index (κ2) is 4.65. The molecule has 0 amide bonds. The molecule has 0 fully saturated rings. The molecule has 2 aromatic rings. The Morgan fingerprint density at radius 3 is 2.88 bits per heavy atom. The molecule has 6 heteroatoms. The van der Waals surface area contributed by atoms with E-state index in [0.29, 0.717) is 6.54 Å². The second-order valence-corrected chi connectivity index (χ2v) is 3.47. The summed E-state index contributed by atoms with van der Waals surface area (Å²) in [5, 5.41) is 13.6. The van der Waals surface area contributed by atoms with E-state index in [-0.39, 0.29) is 11.4 Å². The highest BCUT2D eigenvalue weighted by atomic mass is 19.1. The predicted molar refractivity (Wildman–Crippen MR) is 61.2 cm³/mol. The molecule has 2 rings (SSSR count). The summed E-state index contributed by atoms with van der Waals surface area (Å²) in [6, 6.07) is 6.97. The van der Waals surface area contributed by atoms with E-state index in [1.165, 1.54) is 0 Å². The van der Waals surface area contributed by atoms with Crippen LogP contribution >= 0.6 is 0 Å². The third-order valence-corrected chi connectivity index (χ3v) is 2.29. The normalized spacial score (nSPS) is 10.2. The molecule has 1 heterocycles. The molecule has 0 spiro atoms. The number of nitro groups is 1. The number of aromatic nitrogens is 1. The average Bonchev–Trinajstić information content (AvgIpc) is 2.78. The lowest BCUT2D eigenvalue weighted by Crippen LogP contribution is -2.03. The largest absolute Gasteiger partial charge is 0.374 e. The molecule has 0 unspecified atom stereocenters. The number of benzene rings is 1. The molecule has 1 aromatic carbocycles. The van der Waals surface area contributed by atoms with E-state index in [2.05, 4.69) is 10.3 Å². The van der Waals surface area contributed by atoms with Gasteiger partial charge in [-0.3, -0.25) is 10.1 Å². The minimum atomic E-state index is -0.545. The summed E-state index contributed by atoms with van der Waals surface area (Å²) in [4.78, 5) is 13.1. The van der Waals surface area contributed by atoms with Crippen molar-refractivity contribution in [3.8, 4) is 0 Å². The lowest BCUT2D eigenvalue weighted by molar-refractivity contribution is -0.384. The van der Waals surface area contributed by atoms with Crippen molar-refractivity contribution in [1.29, 1.82) is 0 Å². The van der Waals surface area contributed by atoms with Crippen molar-refractivity contribution in [2.75, 3.05) is 5.32 Å². The van der Waals surface area contributed by atoms with Crippen molar-refractivity contribution >= 4 is 11.4 Å². The van der Waals surface area contributed by atoms with Crippen molar-refractivity contribution in [3.05, 3.63) is 58.2 Å². The van der Waals surface area contributed by atoms with Crippen LogP contribution in [-0.4, -0.2) is 9.91 Å². The van der Waals surface area contributed by atoms with Crippen molar-refractivity contribution in [3.63, 3.8) is 0 Å². The maximum Gasteiger partial charge on any atom is 0.292 e. The monoisotopic (exact) mass is 235 g/mol. The number of hydrogen-bond acceptors (Lipinski definition) is 3. The van der Waals surface area contributed by atoms with Gasteiger partial charge >= 0.3 is 0 Å². The third-order valence-electron chi connectivity index (χ3n) is 2.29. The smallest absolute Gasteiger partial charge is 0.292 e. The molecule has 0 bridgehead atoms. The standard InChI is InChI=1S/C11H10FN3O2/c12-8-3-4-11(15(16)17)10(6-8)14-7-9-2-1-5-13-9/h1-6,13-14H,7H2. The topological polar surface area (TPSA) is 71.0 Å². The quantitative estimate of drug-likeness (QED) is 0.632. The minimum absolute atomic E-state index is 0.141. The van der Waals surface area contributed by atoms with Crippen LogP contribution in [0, 0.1) is 15.9 Å². The first kappa shape index (κ1) is 11.1. The van der Waals surface area contributed by atoms with Crippen molar-refractivity contribution in [2.45, 2.75) is 6.54 Å². The molecule has 0 radical (unpaired) electrons. The fourth-order valence-electron chi connectivity index (χ4n) is 1.48. The molecular formula is C11H10FN3O2. The molecule has 0 aliphatic carbocycles. The van der Waals surface area contributed by atoms with Gasteiger partial charge < -0.3 is 10.3 Å². The predicted octanol–water partition coefficient (Wildman–Crippen LogP) is 2.67. The molecule has 2 N–H and O–H groups in total. The highest BCUT2D eigenvalue weighted by Gasteiger charge is 2.13. The Kier molecular flexibility index (Phi) is 3.04. The highest BCUT2D eigenvalue weighted by molar-refractivity contribution is 5.61. The Bertz CT molecular complexity index is 526. The van der Waals surface area contributed by atoms with Crippen molar-refractivity contribution in [1.82, 2.24) is 4.98 Å². The van der Waals surface area contributed by atoms with E-state index in [9.17, 15) is 14.5 Å². The van der Waals surface area contributed by atoms with E-state index in [1.54, 1.807) is 6.20 Å². The van der Waals surface area contributed by atoms with Gasteiger partial charge in [0, 0.05) is 24.0 Å². The fourth-order valence-corrected chi connectivity index (χ4v) is 1.48. The van der Waals surface area contributed by atoms with E-state index in [0.717, 1.165) is 23.9 Å². The fraction of sp³-hybridized carbons (Fsp3) is 0.0909. The molecular weight excluding hydrogens is 225 g/mol. The van der Waals surface area contributed by atoms with E-state index >= 15 is 0 Å². The molecule has 1 aromatic heterocycles. The Labute approximate surface area is 96.4 Å². The van der Waals surface area contributed by atoms with Gasteiger partial charge in [0.2, 0.25) is 0 Å². The molecule has 5 nitrogen and oxygen atoms in total. The Hall–Kier alpha value is -2.37. The molecule has 0 saturated carbocycles. The molecule has 0 atom stereocenters. The number of H-pyrrole nitrogens is 1. The maximum atomic E-state index is 13.0. The first-order valence-electron chi connectivity index (χ1n) is 4.97. The number of nitrogens with zero attached hydrogens (tertiary/aromatic N) is 1. The van der Waals surface area contributed by atoms with Crippen LogP contribution in [0.2, 0.25) is 0 Å². The second-order valence-electron chi connectivity index (χ2n) is 3.47. The summed E-state index contributed by atoms with van der Waals surface area (Å²) < 4.78 is 13.0. The molecule has 0 aliphatic heterocycles. The number of anilines is 1. The zero-order valence-corrected chi connectivity index (χ0v) is 8.81. The van der Waals surface area contributed by atoms with Gasteiger partial charge in [0.05, 0.1) is 11.5 Å². The summed E-state index contributed by atoms with van der Waals surface area (Å²) in [6.45, 7) is 0.372. The minimum Gasteiger partial charge on any atom is -0.374 e. The molecule has 0 aliphatic rings. The summed E-state index contributed by atoms with van der Waals surface area (Å²) >= 11 is 0. The van der Waals surface area contributed by atoms with Crippen LogP contribution in [0.3, 0.4) is 0 Å². The van der Waals surface area contributed by atoms with Crippen molar-refractivity contribution in [2.24, 2.45) is 0 Å². The number of rotatable bonds is 4. The van der Waals surface area contributed by atoms with Gasteiger partial charge in [-0.25, -0.2) is 4.39 Å². The maximum absolute atomic E-state index is 13.0. The summed E-state index contributed by atoms with van der Waals surface area (Å²) in [7, 11) is 0. The van der Waals surface area contributed by atoms with Crippen LogP contribution in [-0.2, 0) is 6.54 Å². The number of nitro benzene ring substituents is 1. The highest BCUT2D eigenvalue weighted by Crippen LogP contribution is 2.25. The summed E-state index contributed by atoms with van der Waals surface area (Å²) in [5.41, 5.74) is 0.895. The van der Waals surface area contributed by atoms with Crippen molar-refractivity contribution < 1.29 is 9.31 Å². The SMILES string of the molecule is O=[N+]([O-])c1ccc(F)cc1NCc1ccc[nH]1. The van der Waals surface area contributed by atoms with Gasteiger partial charge in [-0.05, 0) is 18.2 Å². The average molecular weight is 235 g/mol.